The van der Waals surface area contributed by atoms with Crippen LogP contribution in [0.25, 0.3) is 0 Å². The fourth-order valence-electron chi connectivity index (χ4n) is 2.63. The summed E-state index contributed by atoms with van der Waals surface area (Å²) in [4.78, 5) is 12.6. The van der Waals surface area contributed by atoms with Crippen LogP contribution in [0, 0.1) is 16.0 Å². The van der Waals surface area contributed by atoms with Crippen LogP contribution in [0.3, 0.4) is 0 Å². The first-order valence-electron chi connectivity index (χ1n) is 8.07. The van der Waals surface area contributed by atoms with E-state index in [1.165, 1.54) is 12.1 Å². The normalized spacial score (nSPS) is 18.4. The summed E-state index contributed by atoms with van der Waals surface area (Å²) in [5.74, 6) is 0.640. The number of morpholine rings is 1. The molecule has 0 radical (unpaired) electrons. The summed E-state index contributed by atoms with van der Waals surface area (Å²) >= 11 is 5.26. The molecule has 1 aromatic carbocycles. The molecule has 0 bridgehead atoms. The fourth-order valence-corrected chi connectivity index (χ4v) is 2.84. The van der Waals surface area contributed by atoms with Crippen molar-refractivity contribution in [3.8, 4) is 0 Å². The third kappa shape index (κ3) is 6.03. The van der Waals surface area contributed by atoms with Gasteiger partial charge in [-0.25, -0.2) is 0 Å². The molecule has 2 N–H and O–H groups in total. The largest absolute Gasteiger partial charge is 0.374 e. The lowest BCUT2D eigenvalue weighted by molar-refractivity contribution is -0.384. The van der Waals surface area contributed by atoms with Gasteiger partial charge in [-0.3, -0.25) is 15.0 Å². The van der Waals surface area contributed by atoms with Gasteiger partial charge < -0.3 is 15.4 Å². The maximum absolute atomic E-state index is 10.6. The summed E-state index contributed by atoms with van der Waals surface area (Å²) in [6, 6.07) is 6.15. The van der Waals surface area contributed by atoms with Crippen molar-refractivity contribution in [1.29, 1.82) is 0 Å². The van der Waals surface area contributed by atoms with E-state index in [0.29, 0.717) is 23.3 Å². The molecule has 1 fully saturated rings. The fraction of sp³-hybridized carbons (Fsp3) is 0.562. The SMILES string of the molecule is CC(C)CN1CCO[C@H](CNC(=S)Nc2ccc([N+](=O)[O-])cc2)C1. The molecule has 1 atom stereocenters. The van der Waals surface area contributed by atoms with Crippen LogP contribution in [0.2, 0.25) is 0 Å². The second-order valence-electron chi connectivity index (χ2n) is 6.29. The molecule has 1 heterocycles. The topological polar surface area (TPSA) is 79.7 Å². The Bertz CT molecular complexity index is 565. The molecule has 0 aliphatic carbocycles. The maximum Gasteiger partial charge on any atom is 0.269 e. The summed E-state index contributed by atoms with van der Waals surface area (Å²) in [7, 11) is 0. The van der Waals surface area contributed by atoms with Crippen molar-refractivity contribution in [2.75, 3.05) is 38.1 Å². The lowest BCUT2D eigenvalue weighted by atomic mass is 10.2. The second kappa shape index (κ2) is 8.91. The zero-order valence-corrected chi connectivity index (χ0v) is 14.8. The first-order chi connectivity index (χ1) is 11.4. The minimum atomic E-state index is -0.427. The van der Waals surface area contributed by atoms with Crippen LogP contribution in [0.15, 0.2) is 24.3 Å². The van der Waals surface area contributed by atoms with Gasteiger partial charge in [0.25, 0.3) is 5.69 Å². The summed E-state index contributed by atoms with van der Waals surface area (Å²) in [6.45, 7) is 8.74. The number of non-ortho nitro benzene ring substituents is 1. The Hall–Kier alpha value is -1.77. The van der Waals surface area contributed by atoms with Gasteiger partial charge in [0.05, 0.1) is 17.6 Å². The lowest BCUT2D eigenvalue weighted by Gasteiger charge is -2.34. The minimum Gasteiger partial charge on any atom is -0.374 e. The van der Waals surface area contributed by atoms with Crippen LogP contribution in [-0.2, 0) is 4.74 Å². The van der Waals surface area contributed by atoms with Crippen molar-refractivity contribution >= 4 is 28.7 Å². The monoisotopic (exact) mass is 352 g/mol. The van der Waals surface area contributed by atoms with Crippen LogP contribution in [-0.4, -0.2) is 53.8 Å². The standard InChI is InChI=1S/C16H24N4O3S/c1-12(2)10-19-7-8-23-15(11-19)9-17-16(24)18-13-3-5-14(6-4-13)20(21)22/h3-6,12,15H,7-11H2,1-2H3,(H2,17,18,24)/t15-/m1/s1. The predicted molar refractivity (Wildman–Crippen MR) is 98.3 cm³/mol. The zero-order valence-electron chi connectivity index (χ0n) is 14.0. The van der Waals surface area contributed by atoms with Crippen molar-refractivity contribution in [2.24, 2.45) is 5.92 Å². The van der Waals surface area contributed by atoms with E-state index in [4.69, 9.17) is 17.0 Å². The van der Waals surface area contributed by atoms with Crippen molar-refractivity contribution in [1.82, 2.24) is 10.2 Å². The summed E-state index contributed by atoms with van der Waals surface area (Å²) in [5.41, 5.74) is 0.768. The smallest absolute Gasteiger partial charge is 0.269 e. The molecule has 8 heteroatoms. The van der Waals surface area contributed by atoms with E-state index < -0.39 is 4.92 Å². The van der Waals surface area contributed by atoms with Gasteiger partial charge in [-0.1, -0.05) is 13.8 Å². The second-order valence-corrected chi connectivity index (χ2v) is 6.69. The lowest BCUT2D eigenvalue weighted by Crippen LogP contribution is -2.48. The van der Waals surface area contributed by atoms with Crippen LogP contribution in [0.1, 0.15) is 13.8 Å². The van der Waals surface area contributed by atoms with Gasteiger partial charge in [0.1, 0.15) is 0 Å². The molecule has 2 rings (SSSR count). The van der Waals surface area contributed by atoms with Gasteiger partial charge >= 0.3 is 0 Å². The number of ether oxygens (including phenoxy) is 1. The molecule has 24 heavy (non-hydrogen) atoms. The van der Waals surface area contributed by atoms with Gasteiger partial charge in [-0.15, -0.1) is 0 Å². The maximum atomic E-state index is 10.6. The minimum absolute atomic E-state index is 0.0558. The van der Waals surface area contributed by atoms with Gasteiger partial charge in [0.15, 0.2) is 5.11 Å². The number of nitrogens with one attached hydrogen (secondary N) is 2. The molecule has 0 unspecified atom stereocenters. The third-order valence-corrected chi connectivity index (χ3v) is 3.92. The van der Waals surface area contributed by atoms with Crippen molar-refractivity contribution in [3.63, 3.8) is 0 Å². The number of nitro groups is 1. The van der Waals surface area contributed by atoms with Crippen LogP contribution in [0.5, 0.6) is 0 Å². The van der Waals surface area contributed by atoms with Gasteiger partial charge in [0, 0.05) is 44.0 Å². The number of rotatable bonds is 6. The third-order valence-electron chi connectivity index (χ3n) is 3.67. The number of nitro benzene ring substituents is 1. The molecule has 1 saturated heterocycles. The number of nitrogens with zero attached hydrogens (tertiary/aromatic N) is 2. The molecular weight excluding hydrogens is 328 g/mol. The number of hydrogen-bond donors (Lipinski definition) is 2. The zero-order chi connectivity index (χ0) is 17.5. The van der Waals surface area contributed by atoms with E-state index in [1.807, 2.05) is 0 Å². The van der Waals surface area contributed by atoms with Crippen LogP contribution >= 0.6 is 12.2 Å². The molecule has 1 aromatic rings. The van der Waals surface area contributed by atoms with E-state index in [1.54, 1.807) is 12.1 Å². The summed E-state index contributed by atoms with van der Waals surface area (Å²) in [5, 5.41) is 17.3. The van der Waals surface area contributed by atoms with E-state index in [9.17, 15) is 10.1 Å². The Kier molecular flexibility index (Phi) is 6.89. The average molecular weight is 352 g/mol. The Morgan fingerprint density at radius 1 is 1.46 bits per heavy atom. The summed E-state index contributed by atoms with van der Waals surface area (Å²) < 4.78 is 5.77. The molecule has 0 aromatic heterocycles. The Morgan fingerprint density at radius 2 is 2.17 bits per heavy atom. The number of hydrogen-bond acceptors (Lipinski definition) is 5. The Labute approximate surface area is 147 Å². The van der Waals surface area contributed by atoms with Crippen molar-refractivity contribution in [3.05, 3.63) is 34.4 Å². The number of thiocarbonyl (C=S) groups is 1. The highest BCUT2D eigenvalue weighted by Gasteiger charge is 2.20. The van der Waals surface area contributed by atoms with Gasteiger partial charge in [0.2, 0.25) is 0 Å². The Morgan fingerprint density at radius 3 is 2.79 bits per heavy atom. The summed E-state index contributed by atoms with van der Waals surface area (Å²) in [6.07, 6.45) is 0.106. The van der Waals surface area contributed by atoms with Crippen molar-refractivity contribution < 1.29 is 9.66 Å². The number of anilines is 1. The van der Waals surface area contributed by atoms with E-state index in [-0.39, 0.29) is 11.8 Å². The predicted octanol–water partition coefficient (Wildman–Crippen LogP) is 2.24. The molecule has 7 nitrogen and oxygen atoms in total. The number of benzene rings is 1. The van der Waals surface area contributed by atoms with Crippen LogP contribution < -0.4 is 10.6 Å². The highest BCUT2D eigenvalue weighted by Crippen LogP contribution is 2.15. The molecule has 1 aliphatic rings. The highest BCUT2D eigenvalue weighted by atomic mass is 32.1. The van der Waals surface area contributed by atoms with Crippen LogP contribution in [0.4, 0.5) is 11.4 Å². The van der Waals surface area contributed by atoms with Gasteiger partial charge in [-0.2, -0.15) is 0 Å². The molecule has 0 saturated carbocycles. The molecule has 1 aliphatic heterocycles. The first-order valence-corrected chi connectivity index (χ1v) is 8.48. The van der Waals surface area contributed by atoms with E-state index in [0.717, 1.165) is 26.2 Å². The van der Waals surface area contributed by atoms with E-state index >= 15 is 0 Å². The Balaban J connectivity index is 1.75. The first kappa shape index (κ1) is 18.6. The van der Waals surface area contributed by atoms with E-state index in [2.05, 4.69) is 29.4 Å². The quantitative estimate of drug-likeness (QED) is 0.462. The molecule has 0 amide bonds. The average Bonchev–Trinajstić information content (AvgIpc) is 2.53. The van der Waals surface area contributed by atoms with Gasteiger partial charge in [-0.05, 0) is 30.3 Å². The highest BCUT2D eigenvalue weighted by molar-refractivity contribution is 7.80. The molecule has 132 valence electrons. The molecule has 0 spiro atoms. The van der Waals surface area contributed by atoms with Crippen molar-refractivity contribution in [2.45, 2.75) is 20.0 Å². The molecular formula is C16H24N4O3S.